The quantitative estimate of drug-likeness (QED) is 0.832. The van der Waals surface area contributed by atoms with Gasteiger partial charge in [-0.25, -0.2) is 0 Å². The third kappa shape index (κ3) is 2.23. The Morgan fingerprint density at radius 1 is 1.50 bits per heavy atom. The molecule has 0 fully saturated rings. The van der Waals surface area contributed by atoms with Crippen LogP contribution in [0.25, 0.3) is 0 Å². The molecule has 0 aliphatic rings. The molecule has 0 aromatic heterocycles. The summed E-state index contributed by atoms with van der Waals surface area (Å²) < 4.78 is 0. The van der Waals surface area contributed by atoms with E-state index in [4.69, 9.17) is 23.2 Å². The predicted molar refractivity (Wildman–Crippen MR) is 66.3 cm³/mol. The molecule has 0 radical (unpaired) electrons. The maximum Gasteiger partial charge on any atom is 0.314 e. The van der Waals surface area contributed by atoms with Crippen molar-refractivity contribution in [3.63, 3.8) is 0 Å². The Hall–Kier alpha value is -0.990. The first-order valence-corrected chi connectivity index (χ1v) is 5.48. The first kappa shape index (κ1) is 13.1. The Bertz CT molecular complexity index is 409. The van der Waals surface area contributed by atoms with Crippen molar-refractivity contribution in [2.75, 3.05) is 0 Å². The molecule has 1 N–H and O–H groups in total. The van der Waals surface area contributed by atoms with Crippen LogP contribution in [-0.4, -0.2) is 11.1 Å². The maximum absolute atomic E-state index is 11.4. The number of carboxylic acid groups (broad SMARTS) is 1. The molecule has 0 saturated heterocycles. The molecule has 0 bridgehead atoms. The van der Waals surface area contributed by atoms with Gasteiger partial charge in [0.25, 0.3) is 0 Å². The Kier molecular flexibility index (Phi) is 4.00. The highest BCUT2D eigenvalue weighted by Crippen LogP contribution is 2.38. The molecular formula is C12H12Cl2O2. The number of rotatable bonds is 4. The highest BCUT2D eigenvalue weighted by Gasteiger charge is 2.37. The van der Waals surface area contributed by atoms with Crippen LogP contribution in [0.1, 0.15) is 18.9 Å². The molecule has 1 unspecified atom stereocenters. The lowest BCUT2D eigenvalue weighted by atomic mass is 9.79. The highest BCUT2D eigenvalue weighted by atomic mass is 35.5. The minimum atomic E-state index is -1.14. The van der Waals surface area contributed by atoms with Gasteiger partial charge in [0.05, 0.1) is 5.41 Å². The Balaban J connectivity index is 3.42. The largest absolute Gasteiger partial charge is 0.481 e. The van der Waals surface area contributed by atoms with Gasteiger partial charge in [0.1, 0.15) is 0 Å². The first-order chi connectivity index (χ1) is 7.43. The second kappa shape index (κ2) is 4.89. The molecule has 4 heteroatoms. The monoisotopic (exact) mass is 258 g/mol. The van der Waals surface area contributed by atoms with Crippen LogP contribution in [0.5, 0.6) is 0 Å². The van der Waals surface area contributed by atoms with Gasteiger partial charge in [0.2, 0.25) is 0 Å². The topological polar surface area (TPSA) is 37.3 Å². The van der Waals surface area contributed by atoms with E-state index in [9.17, 15) is 9.90 Å². The molecule has 1 aromatic carbocycles. The number of carboxylic acids is 1. The van der Waals surface area contributed by atoms with Crippen LogP contribution in [0.3, 0.4) is 0 Å². The van der Waals surface area contributed by atoms with E-state index in [1.807, 2.05) is 0 Å². The van der Waals surface area contributed by atoms with Crippen molar-refractivity contribution in [1.82, 2.24) is 0 Å². The minimum Gasteiger partial charge on any atom is -0.481 e. The molecule has 1 aromatic rings. The number of carbonyl (C=O) groups is 1. The summed E-state index contributed by atoms with van der Waals surface area (Å²) in [5.74, 6) is -0.970. The Labute approximate surface area is 104 Å². The van der Waals surface area contributed by atoms with Crippen molar-refractivity contribution >= 4 is 29.2 Å². The second-order valence-corrected chi connectivity index (χ2v) is 4.54. The lowest BCUT2D eigenvalue weighted by Crippen LogP contribution is -2.32. The van der Waals surface area contributed by atoms with Crippen LogP contribution < -0.4 is 0 Å². The number of halogens is 2. The van der Waals surface area contributed by atoms with E-state index in [2.05, 4.69) is 6.58 Å². The number of allylic oxidation sites excluding steroid dienone is 1. The van der Waals surface area contributed by atoms with E-state index in [0.29, 0.717) is 15.6 Å². The van der Waals surface area contributed by atoms with Crippen molar-refractivity contribution in [3.8, 4) is 0 Å². The van der Waals surface area contributed by atoms with Gasteiger partial charge in [-0.15, -0.1) is 6.58 Å². The zero-order chi connectivity index (χ0) is 12.3. The van der Waals surface area contributed by atoms with Crippen molar-refractivity contribution in [3.05, 3.63) is 46.5 Å². The van der Waals surface area contributed by atoms with Gasteiger partial charge in [-0.3, -0.25) is 4.79 Å². The van der Waals surface area contributed by atoms with Crippen LogP contribution in [0.4, 0.5) is 0 Å². The number of hydrogen-bond acceptors (Lipinski definition) is 1. The normalized spacial score (nSPS) is 14.2. The summed E-state index contributed by atoms with van der Waals surface area (Å²) in [5, 5.41) is 10.0. The lowest BCUT2D eigenvalue weighted by Gasteiger charge is -2.26. The smallest absolute Gasteiger partial charge is 0.314 e. The molecule has 2 nitrogen and oxygen atoms in total. The van der Waals surface area contributed by atoms with Crippen molar-refractivity contribution in [2.45, 2.75) is 18.8 Å². The molecule has 0 heterocycles. The standard InChI is InChI=1S/C12H12Cl2O2/c1-3-7-12(2,11(15)16)10-8(13)5-4-6-9(10)14/h3-6H,1,7H2,2H3,(H,15,16). The fourth-order valence-corrected chi connectivity index (χ4v) is 2.42. The number of hydrogen-bond donors (Lipinski definition) is 1. The maximum atomic E-state index is 11.4. The second-order valence-electron chi connectivity index (χ2n) is 3.73. The SMILES string of the molecule is C=CCC(C)(C(=O)O)c1c(Cl)cccc1Cl. The molecule has 16 heavy (non-hydrogen) atoms. The minimum absolute atomic E-state index is 0.270. The number of benzene rings is 1. The van der Waals surface area contributed by atoms with Gasteiger partial charge in [0, 0.05) is 15.6 Å². The van der Waals surface area contributed by atoms with Gasteiger partial charge in [0.15, 0.2) is 0 Å². The summed E-state index contributed by atoms with van der Waals surface area (Å²) in [6.07, 6.45) is 1.82. The van der Waals surface area contributed by atoms with Crippen molar-refractivity contribution in [1.29, 1.82) is 0 Å². The van der Waals surface area contributed by atoms with E-state index in [1.54, 1.807) is 31.2 Å². The lowest BCUT2D eigenvalue weighted by molar-refractivity contribution is -0.143. The van der Waals surface area contributed by atoms with Gasteiger partial charge in [-0.1, -0.05) is 35.3 Å². The van der Waals surface area contributed by atoms with E-state index >= 15 is 0 Å². The summed E-state index contributed by atoms with van der Waals surface area (Å²) in [4.78, 5) is 11.4. The van der Waals surface area contributed by atoms with Crippen LogP contribution in [-0.2, 0) is 10.2 Å². The first-order valence-electron chi connectivity index (χ1n) is 4.72. The molecule has 0 aliphatic heterocycles. The van der Waals surface area contributed by atoms with E-state index < -0.39 is 11.4 Å². The average Bonchev–Trinajstić information content (AvgIpc) is 2.17. The van der Waals surface area contributed by atoms with Crippen LogP contribution in [0, 0.1) is 0 Å². The summed E-state index contributed by atoms with van der Waals surface area (Å²) in [5.41, 5.74) is -0.706. The van der Waals surface area contributed by atoms with Gasteiger partial charge < -0.3 is 5.11 Å². The van der Waals surface area contributed by atoms with Gasteiger partial charge in [-0.05, 0) is 25.5 Å². The number of aliphatic carboxylic acids is 1. The third-order valence-corrected chi connectivity index (χ3v) is 3.17. The van der Waals surface area contributed by atoms with Crippen molar-refractivity contribution in [2.24, 2.45) is 0 Å². The van der Waals surface area contributed by atoms with E-state index in [-0.39, 0.29) is 6.42 Å². The summed E-state index contributed by atoms with van der Waals surface area (Å²) in [7, 11) is 0. The summed E-state index contributed by atoms with van der Waals surface area (Å²) in [6.45, 7) is 5.15. The zero-order valence-electron chi connectivity index (χ0n) is 8.84. The van der Waals surface area contributed by atoms with E-state index in [0.717, 1.165) is 0 Å². The van der Waals surface area contributed by atoms with Crippen LogP contribution in [0.15, 0.2) is 30.9 Å². The molecule has 0 saturated carbocycles. The predicted octanol–water partition coefficient (Wildman–Crippen LogP) is 3.91. The zero-order valence-corrected chi connectivity index (χ0v) is 10.3. The van der Waals surface area contributed by atoms with Gasteiger partial charge >= 0.3 is 5.97 Å². The fraction of sp³-hybridized carbons (Fsp3) is 0.250. The van der Waals surface area contributed by atoms with Gasteiger partial charge in [-0.2, -0.15) is 0 Å². The average molecular weight is 259 g/mol. The molecule has 86 valence electrons. The molecule has 0 aliphatic carbocycles. The van der Waals surface area contributed by atoms with Crippen molar-refractivity contribution < 1.29 is 9.90 Å². The highest BCUT2D eigenvalue weighted by molar-refractivity contribution is 6.36. The summed E-state index contributed by atoms with van der Waals surface area (Å²) >= 11 is 12.0. The van der Waals surface area contributed by atoms with Crippen LogP contribution in [0.2, 0.25) is 10.0 Å². The molecule has 1 rings (SSSR count). The molecule has 0 amide bonds. The molecular weight excluding hydrogens is 247 g/mol. The fourth-order valence-electron chi connectivity index (χ4n) is 1.61. The Morgan fingerprint density at radius 3 is 2.38 bits per heavy atom. The van der Waals surface area contributed by atoms with E-state index in [1.165, 1.54) is 0 Å². The molecule has 0 spiro atoms. The van der Waals surface area contributed by atoms with Crippen LogP contribution >= 0.6 is 23.2 Å². The summed E-state index contributed by atoms with van der Waals surface area (Å²) in [6, 6.07) is 4.95. The molecule has 1 atom stereocenters. The third-order valence-electron chi connectivity index (χ3n) is 2.54. The Morgan fingerprint density at radius 2 is 2.00 bits per heavy atom.